The number of amides is 1. The fourth-order valence-electron chi connectivity index (χ4n) is 3.31. The third-order valence-electron chi connectivity index (χ3n) is 5.13. The Morgan fingerprint density at radius 3 is 2.34 bits per heavy atom. The summed E-state index contributed by atoms with van der Waals surface area (Å²) in [5.41, 5.74) is 2.32. The van der Waals surface area contributed by atoms with Crippen molar-refractivity contribution < 1.29 is 9.21 Å². The highest BCUT2D eigenvalue weighted by atomic mass is 16.4. The van der Waals surface area contributed by atoms with Crippen molar-refractivity contribution in [1.29, 1.82) is 0 Å². The fraction of sp³-hybridized carbons (Fsp3) is 0.333. The number of hydrogen-bond donors (Lipinski definition) is 1. The molecule has 0 fully saturated rings. The number of rotatable bonds is 5. The van der Waals surface area contributed by atoms with Gasteiger partial charge in [-0.1, -0.05) is 63.2 Å². The van der Waals surface area contributed by atoms with Crippen LogP contribution in [0.2, 0.25) is 0 Å². The maximum Gasteiger partial charge on any atom is 0.349 e. The Labute approximate surface area is 171 Å². The quantitative estimate of drug-likeness (QED) is 0.664. The van der Waals surface area contributed by atoms with Crippen molar-refractivity contribution in [3.05, 3.63) is 81.7 Å². The first-order chi connectivity index (χ1) is 13.7. The summed E-state index contributed by atoms with van der Waals surface area (Å²) in [5.74, 6) is -0.428. The number of carbonyl (C=O) groups is 1. The molecule has 1 unspecified atom stereocenters. The number of nitrogens with one attached hydrogen (secondary N) is 1. The Kier molecular flexibility index (Phi) is 5.89. The van der Waals surface area contributed by atoms with E-state index >= 15 is 0 Å². The zero-order valence-electron chi connectivity index (χ0n) is 17.7. The molecule has 0 saturated heterocycles. The molecule has 1 atom stereocenters. The molecule has 1 amide bonds. The highest BCUT2D eigenvalue weighted by molar-refractivity contribution is 5.96. The zero-order chi connectivity index (χ0) is 21.2. The van der Waals surface area contributed by atoms with Gasteiger partial charge in [-0.05, 0) is 42.8 Å². The van der Waals surface area contributed by atoms with Crippen molar-refractivity contribution in [3.63, 3.8) is 0 Å². The van der Waals surface area contributed by atoms with Gasteiger partial charge in [-0.2, -0.15) is 0 Å². The molecule has 0 bridgehead atoms. The van der Waals surface area contributed by atoms with Crippen molar-refractivity contribution >= 4 is 16.9 Å². The normalized spacial score (nSPS) is 12.9. The topological polar surface area (TPSA) is 62.6 Å². The molecule has 0 aliphatic carbocycles. The van der Waals surface area contributed by atoms with Gasteiger partial charge < -0.3 is 14.6 Å². The second-order valence-corrected chi connectivity index (χ2v) is 8.55. The third kappa shape index (κ3) is 4.74. The summed E-state index contributed by atoms with van der Waals surface area (Å²) in [6.07, 6.45) is 0. The van der Waals surface area contributed by atoms with Crippen LogP contribution >= 0.6 is 0 Å². The van der Waals surface area contributed by atoms with Crippen molar-refractivity contribution in [2.75, 3.05) is 20.6 Å². The van der Waals surface area contributed by atoms with Gasteiger partial charge in [-0.15, -0.1) is 0 Å². The number of para-hydroxylation sites is 1. The zero-order valence-corrected chi connectivity index (χ0v) is 17.7. The van der Waals surface area contributed by atoms with Gasteiger partial charge in [0.05, 0.1) is 6.04 Å². The van der Waals surface area contributed by atoms with Gasteiger partial charge in [0.2, 0.25) is 0 Å². The molecule has 0 saturated carbocycles. The van der Waals surface area contributed by atoms with Crippen LogP contribution in [0.3, 0.4) is 0 Å². The summed E-state index contributed by atoms with van der Waals surface area (Å²) in [5, 5.41) is 3.61. The molecule has 29 heavy (non-hydrogen) atoms. The van der Waals surface area contributed by atoms with Gasteiger partial charge >= 0.3 is 5.63 Å². The molecule has 1 aromatic heterocycles. The Balaban J connectivity index is 1.78. The predicted molar refractivity (Wildman–Crippen MR) is 116 cm³/mol. The highest BCUT2D eigenvalue weighted by Gasteiger charge is 2.20. The Morgan fingerprint density at radius 1 is 1.07 bits per heavy atom. The van der Waals surface area contributed by atoms with Crippen LogP contribution < -0.4 is 10.9 Å². The molecule has 0 aliphatic rings. The van der Waals surface area contributed by atoms with E-state index in [0.29, 0.717) is 12.1 Å². The first-order valence-corrected chi connectivity index (χ1v) is 9.75. The van der Waals surface area contributed by atoms with Gasteiger partial charge in [-0.3, -0.25) is 4.79 Å². The molecular weight excluding hydrogens is 364 g/mol. The largest absolute Gasteiger partial charge is 0.422 e. The second-order valence-electron chi connectivity index (χ2n) is 8.55. The van der Waals surface area contributed by atoms with E-state index in [-0.39, 0.29) is 17.0 Å². The smallest absolute Gasteiger partial charge is 0.349 e. The summed E-state index contributed by atoms with van der Waals surface area (Å²) in [6.45, 7) is 6.93. The lowest BCUT2D eigenvalue weighted by atomic mass is 9.86. The van der Waals surface area contributed by atoms with E-state index in [1.807, 2.05) is 26.2 Å². The van der Waals surface area contributed by atoms with E-state index in [1.54, 1.807) is 18.2 Å². The molecule has 0 radical (unpaired) electrons. The lowest BCUT2D eigenvalue weighted by molar-refractivity contribution is 0.0938. The van der Waals surface area contributed by atoms with Crippen LogP contribution in [0, 0.1) is 0 Å². The van der Waals surface area contributed by atoms with E-state index in [2.05, 4.69) is 55.3 Å². The molecule has 1 N–H and O–H groups in total. The summed E-state index contributed by atoms with van der Waals surface area (Å²) < 4.78 is 5.27. The minimum absolute atomic E-state index is 0.0135. The van der Waals surface area contributed by atoms with Gasteiger partial charge in [0, 0.05) is 11.9 Å². The van der Waals surface area contributed by atoms with Crippen LogP contribution in [0.4, 0.5) is 0 Å². The number of hydrogen-bond acceptors (Lipinski definition) is 4. The Hall–Kier alpha value is -2.92. The second kappa shape index (κ2) is 8.21. The molecule has 0 aliphatic heterocycles. The SMILES string of the molecule is CN(C)C(CNC(=O)c1cc2ccccc2oc1=O)c1ccc(C(C)(C)C)cc1. The van der Waals surface area contributed by atoms with E-state index in [9.17, 15) is 9.59 Å². The van der Waals surface area contributed by atoms with Crippen molar-refractivity contribution in [1.82, 2.24) is 10.2 Å². The minimum atomic E-state index is -0.628. The first kappa shape index (κ1) is 20.8. The van der Waals surface area contributed by atoms with Gasteiger partial charge in [0.1, 0.15) is 11.1 Å². The van der Waals surface area contributed by atoms with Crippen molar-refractivity contribution in [3.8, 4) is 0 Å². The lowest BCUT2D eigenvalue weighted by Crippen LogP contribution is -2.36. The van der Waals surface area contributed by atoms with Crippen LogP contribution in [0.1, 0.15) is 48.3 Å². The summed E-state index contributed by atoms with van der Waals surface area (Å²) in [4.78, 5) is 26.9. The van der Waals surface area contributed by atoms with E-state index in [4.69, 9.17) is 4.42 Å². The molecule has 3 rings (SSSR count). The van der Waals surface area contributed by atoms with E-state index in [1.165, 1.54) is 5.56 Å². The van der Waals surface area contributed by atoms with E-state index in [0.717, 1.165) is 10.9 Å². The third-order valence-corrected chi connectivity index (χ3v) is 5.13. The average Bonchev–Trinajstić information content (AvgIpc) is 2.67. The molecule has 3 aromatic rings. The Morgan fingerprint density at radius 2 is 1.72 bits per heavy atom. The maximum absolute atomic E-state index is 12.7. The van der Waals surface area contributed by atoms with Crippen LogP contribution in [-0.4, -0.2) is 31.4 Å². The summed E-state index contributed by atoms with van der Waals surface area (Å²) in [6, 6.07) is 17.2. The average molecular weight is 392 g/mol. The number of carbonyl (C=O) groups excluding carboxylic acids is 1. The van der Waals surface area contributed by atoms with Crippen molar-refractivity contribution in [2.45, 2.75) is 32.2 Å². The highest BCUT2D eigenvalue weighted by Crippen LogP contribution is 2.25. The summed E-state index contributed by atoms with van der Waals surface area (Å²) in [7, 11) is 3.94. The van der Waals surface area contributed by atoms with Crippen LogP contribution in [0.5, 0.6) is 0 Å². The van der Waals surface area contributed by atoms with Crippen LogP contribution in [0.25, 0.3) is 11.0 Å². The number of nitrogens with zero attached hydrogens (tertiary/aromatic N) is 1. The molecule has 0 spiro atoms. The van der Waals surface area contributed by atoms with Crippen molar-refractivity contribution in [2.24, 2.45) is 0 Å². The number of benzene rings is 2. The number of fused-ring (bicyclic) bond motifs is 1. The van der Waals surface area contributed by atoms with Crippen LogP contribution in [-0.2, 0) is 5.41 Å². The molecular formula is C24H28N2O3. The van der Waals surface area contributed by atoms with Gasteiger partial charge in [0.25, 0.3) is 5.91 Å². The molecule has 152 valence electrons. The fourth-order valence-corrected chi connectivity index (χ4v) is 3.31. The molecule has 5 heteroatoms. The first-order valence-electron chi connectivity index (χ1n) is 9.75. The minimum Gasteiger partial charge on any atom is -0.422 e. The van der Waals surface area contributed by atoms with Crippen LogP contribution in [0.15, 0.2) is 63.8 Å². The molecule has 5 nitrogen and oxygen atoms in total. The monoisotopic (exact) mass is 392 g/mol. The standard InChI is InChI=1S/C24H28N2O3/c1-24(2,3)18-12-10-16(11-13-18)20(26(4)5)15-25-22(27)19-14-17-8-6-7-9-21(17)29-23(19)28/h6-14,20H,15H2,1-5H3,(H,25,27). The van der Waals surface area contributed by atoms with Gasteiger partial charge in [0.15, 0.2) is 0 Å². The molecule has 2 aromatic carbocycles. The number of likely N-dealkylation sites (N-methyl/N-ethyl adjacent to an activating group) is 1. The maximum atomic E-state index is 12.7. The predicted octanol–water partition coefficient (Wildman–Crippen LogP) is 4.12. The van der Waals surface area contributed by atoms with E-state index < -0.39 is 11.5 Å². The molecule has 1 heterocycles. The Bertz CT molecular complexity index is 1060. The lowest BCUT2D eigenvalue weighted by Gasteiger charge is -2.26. The van der Waals surface area contributed by atoms with Gasteiger partial charge in [-0.25, -0.2) is 4.79 Å². The summed E-state index contributed by atoms with van der Waals surface area (Å²) >= 11 is 0.